The van der Waals surface area contributed by atoms with E-state index in [0.29, 0.717) is 37.2 Å². The summed E-state index contributed by atoms with van der Waals surface area (Å²) >= 11 is 0. The van der Waals surface area contributed by atoms with E-state index in [4.69, 9.17) is 14.5 Å². The third-order valence-corrected chi connectivity index (χ3v) is 6.44. The van der Waals surface area contributed by atoms with E-state index in [1.165, 1.54) is 24.8 Å². The molecule has 2 aliphatic rings. The SMILES string of the molecule is CC1CCCCC1NC(=NCc1ccc(COC2CCOCC2)cc1)NCC(=O)N(C)C.I. The monoisotopic (exact) mass is 572 g/mol. The molecule has 2 fully saturated rings. The van der Waals surface area contributed by atoms with E-state index in [0.717, 1.165) is 38.0 Å². The van der Waals surface area contributed by atoms with Crippen molar-refractivity contribution in [2.75, 3.05) is 33.9 Å². The van der Waals surface area contributed by atoms with Crippen LogP contribution in [0.2, 0.25) is 0 Å². The lowest BCUT2D eigenvalue weighted by atomic mass is 9.86. The molecule has 1 aromatic rings. The summed E-state index contributed by atoms with van der Waals surface area (Å²) in [5.41, 5.74) is 2.31. The summed E-state index contributed by atoms with van der Waals surface area (Å²) in [5.74, 6) is 1.35. The molecule has 1 heterocycles. The van der Waals surface area contributed by atoms with Gasteiger partial charge in [0, 0.05) is 33.4 Å². The zero-order valence-electron chi connectivity index (χ0n) is 20.3. The molecular weight excluding hydrogens is 531 g/mol. The number of aliphatic imine (C=N–C) groups is 1. The number of amides is 1. The van der Waals surface area contributed by atoms with Crippen LogP contribution < -0.4 is 10.6 Å². The second-order valence-electron chi connectivity index (χ2n) is 9.26. The van der Waals surface area contributed by atoms with E-state index >= 15 is 0 Å². The third-order valence-electron chi connectivity index (χ3n) is 6.44. The van der Waals surface area contributed by atoms with Gasteiger partial charge in [-0.15, -0.1) is 24.0 Å². The summed E-state index contributed by atoms with van der Waals surface area (Å²) in [6.45, 7) is 5.32. The van der Waals surface area contributed by atoms with Crippen LogP contribution in [0.5, 0.6) is 0 Å². The molecule has 186 valence electrons. The molecule has 0 spiro atoms. The number of likely N-dealkylation sites (N-methyl/N-ethyl adjacent to an activating group) is 1. The first kappa shape index (κ1) is 27.9. The van der Waals surface area contributed by atoms with Crippen LogP contribution >= 0.6 is 24.0 Å². The van der Waals surface area contributed by atoms with Gasteiger partial charge in [0.15, 0.2) is 5.96 Å². The number of hydrogen-bond acceptors (Lipinski definition) is 4. The van der Waals surface area contributed by atoms with Crippen molar-refractivity contribution in [3.8, 4) is 0 Å². The molecule has 0 bridgehead atoms. The van der Waals surface area contributed by atoms with Gasteiger partial charge in [0.2, 0.25) is 5.91 Å². The van der Waals surface area contributed by atoms with Crippen molar-refractivity contribution in [1.29, 1.82) is 0 Å². The van der Waals surface area contributed by atoms with Crippen LogP contribution in [0.1, 0.15) is 56.6 Å². The molecule has 3 rings (SSSR count). The van der Waals surface area contributed by atoms with E-state index in [1.54, 1.807) is 19.0 Å². The lowest BCUT2D eigenvalue weighted by Crippen LogP contribution is -2.49. The number of guanidine groups is 1. The number of hydrogen-bond donors (Lipinski definition) is 2. The normalized spacial score (nSPS) is 21.7. The third kappa shape index (κ3) is 9.78. The Morgan fingerprint density at radius 1 is 1.09 bits per heavy atom. The number of carbonyl (C=O) groups is 1. The van der Waals surface area contributed by atoms with Crippen molar-refractivity contribution in [3.63, 3.8) is 0 Å². The van der Waals surface area contributed by atoms with Crippen LogP contribution in [0, 0.1) is 5.92 Å². The van der Waals surface area contributed by atoms with Crippen molar-refractivity contribution in [2.45, 2.75) is 70.7 Å². The number of ether oxygens (including phenoxy) is 2. The minimum atomic E-state index is 0. The molecule has 2 atom stereocenters. The summed E-state index contributed by atoms with van der Waals surface area (Å²) in [6.07, 6.45) is 7.17. The Bertz CT molecular complexity index is 736. The molecule has 1 saturated heterocycles. The van der Waals surface area contributed by atoms with Crippen molar-refractivity contribution in [2.24, 2.45) is 10.9 Å². The van der Waals surface area contributed by atoms with E-state index in [1.807, 2.05) is 0 Å². The van der Waals surface area contributed by atoms with Crippen LogP contribution in [0.15, 0.2) is 29.3 Å². The van der Waals surface area contributed by atoms with Crippen LogP contribution in [0.25, 0.3) is 0 Å². The first-order chi connectivity index (χ1) is 15.5. The number of halogens is 1. The average molecular weight is 573 g/mol. The van der Waals surface area contributed by atoms with Crippen LogP contribution in [-0.2, 0) is 27.4 Å². The molecule has 2 N–H and O–H groups in total. The van der Waals surface area contributed by atoms with Gasteiger partial charge in [-0.3, -0.25) is 4.79 Å². The second kappa shape index (κ2) is 14.8. The zero-order valence-corrected chi connectivity index (χ0v) is 22.7. The average Bonchev–Trinajstić information content (AvgIpc) is 2.81. The number of nitrogens with one attached hydrogen (secondary N) is 2. The molecule has 1 aliphatic carbocycles. The fourth-order valence-corrected chi connectivity index (χ4v) is 4.14. The summed E-state index contributed by atoms with van der Waals surface area (Å²) in [6, 6.07) is 8.84. The van der Waals surface area contributed by atoms with Crippen molar-refractivity contribution >= 4 is 35.8 Å². The molecule has 8 heteroatoms. The first-order valence-electron chi connectivity index (χ1n) is 12.0. The highest BCUT2D eigenvalue weighted by Crippen LogP contribution is 2.23. The maximum absolute atomic E-state index is 12.1. The lowest BCUT2D eigenvalue weighted by molar-refractivity contribution is -0.127. The van der Waals surface area contributed by atoms with Crippen molar-refractivity contribution in [3.05, 3.63) is 35.4 Å². The van der Waals surface area contributed by atoms with E-state index in [2.05, 4.69) is 41.8 Å². The topological polar surface area (TPSA) is 75.2 Å². The Hall–Kier alpha value is -1.39. The molecule has 1 aliphatic heterocycles. The van der Waals surface area contributed by atoms with Gasteiger partial charge in [-0.2, -0.15) is 0 Å². The fraction of sp³-hybridized carbons (Fsp3) is 0.680. The van der Waals surface area contributed by atoms with Gasteiger partial charge in [0.25, 0.3) is 0 Å². The van der Waals surface area contributed by atoms with Gasteiger partial charge in [-0.05, 0) is 42.7 Å². The van der Waals surface area contributed by atoms with Crippen LogP contribution in [0.4, 0.5) is 0 Å². The number of nitrogens with zero attached hydrogens (tertiary/aromatic N) is 2. The Morgan fingerprint density at radius 3 is 2.42 bits per heavy atom. The number of benzene rings is 1. The Labute approximate surface area is 216 Å². The summed E-state index contributed by atoms with van der Waals surface area (Å²) in [5, 5.41) is 6.80. The van der Waals surface area contributed by atoms with Crippen molar-refractivity contribution in [1.82, 2.24) is 15.5 Å². The van der Waals surface area contributed by atoms with Gasteiger partial charge in [-0.1, -0.05) is 44.0 Å². The van der Waals surface area contributed by atoms with Gasteiger partial charge in [0.1, 0.15) is 0 Å². The molecule has 0 aromatic heterocycles. The fourth-order valence-electron chi connectivity index (χ4n) is 4.14. The summed E-state index contributed by atoms with van der Waals surface area (Å²) in [7, 11) is 3.54. The summed E-state index contributed by atoms with van der Waals surface area (Å²) in [4.78, 5) is 18.4. The maximum atomic E-state index is 12.1. The molecular formula is C25H41IN4O3. The Morgan fingerprint density at radius 2 is 1.76 bits per heavy atom. The molecule has 0 radical (unpaired) electrons. The number of carbonyl (C=O) groups excluding carboxylic acids is 1. The van der Waals surface area contributed by atoms with Crippen LogP contribution in [-0.4, -0.2) is 62.8 Å². The minimum absolute atomic E-state index is 0. The van der Waals surface area contributed by atoms with Gasteiger partial charge < -0.3 is 25.0 Å². The van der Waals surface area contributed by atoms with Crippen LogP contribution in [0.3, 0.4) is 0 Å². The second-order valence-corrected chi connectivity index (χ2v) is 9.26. The Balaban J connectivity index is 0.00000385. The Kier molecular flexibility index (Phi) is 12.5. The highest BCUT2D eigenvalue weighted by molar-refractivity contribution is 14.0. The van der Waals surface area contributed by atoms with E-state index < -0.39 is 0 Å². The smallest absolute Gasteiger partial charge is 0.241 e. The standard InChI is InChI=1S/C25H40N4O3.HI/c1-19-6-4-5-7-23(19)28-25(27-17-24(30)29(2)3)26-16-20-8-10-21(11-9-20)18-32-22-12-14-31-15-13-22;/h8-11,19,22-23H,4-7,12-18H2,1-3H3,(H2,26,27,28);1H. The van der Waals surface area contributed by atoms with Gasteiger partial charge >= 0.3 is 0 Å². The zero-order chi connectivity index (χ0) is 22.8. The highest BCUT2D eigenvalue weighted by Gasteiger charge is 2.22. The molecule has 33 heavy (non-hydrogen) atoms. The lowest BCUT2D eigenvalue weighted by Gasteiger charge is -2.31. The molecule has 1 saturated carbocycles. The van der Waals surface area contributed by atoms with Gasteiger partial charge in [-0.25, -0.2) is 4.99 Å². The predicted molar refractivity (Wildman–Crippen MR) is 143 cm³/mol. The highest BCUT2D eigenvalue weighted by atomic mass is 127. The van der Waals surface area contributed by atoms with E-state index in [-0.39, 0.29) is 36.4 Å². The van der Waals surface area contributed by atoms with Crippen molar-refractivity contribution < 1.29 is 14.3 Å². The first-order valence-corrected chi connectivity index (χ1v) is 12.0. The predicted octanol–water partition coefficient (Wildman–Crippen LogP) is 3.70. The largest absolute Gasteiger partial charge is 0.381 e. The maximum Gasteiger partial charge on any atom is 0.241 e. The van der Waals surface area contributed by atoms with Gasteiger partial charge in [0.05, 0.1) is 25.8 Å². The van der Waals surface area contributed by atoms with E-state index in [9.17, 15) is 4.79 Å². The quantitative estimate of drug-likeness (QED) is 0.283. The number of rotatable bonds is 8. The minimum Gasteiger partial charge on any atom is -0.381 e. The molecule has 1 aromatic carbocycles. The molecule has 1 amide bonds. The molecule has 2 unspecified atom stereocenters. The summed E-state index contributed by atoms with van der Waals surface area (Å²) < 4.78 is 11.4. The molecule has 7 nitrogen and oxygen atoms in total.